The molecule has 0 spiro atoms. The second-order valence-electron chi connectivity index (χ2n) is 3.33. The van der Waals surface area contributed by atoms with Crippen molar-refractivity contribution in [2.24, 2.45) is 0 Å². The van der Waals surface area contributed by atoms with Crippen LogP contribution in [-0.4, -0.2) is 30.0 Å². The molecule has 0 aliphatic heterocycles. The van der Waals surface area contributed by atoms with Crippen LogP contribution in [-0.2, 0) is 0 Å². The summed E-state index contributed by atoms with van der Waals surface area (Å²) in [5, 5.41) is 0. The Morgan fingerprint density at radius 3 is 2.58 bits per heavy atom. The van der Waals surface area contributed by atoms with E-state index in [-0.39, 0.29) is 17.4 Å². The van der Waals surface area contributed by atoms with Gasteiger partial charge in [0.1, 0.15) is 0 Å². The number of halogens is 2. The van der Waals surface area contributed by atoms with Crippen LogP contribution >= 0.6 is 43.2 Å². The SMILES string of the molecule is COc1cnc(C(=O)c2cc(Br)c(Br)s2)c(OC)n1. The molecule has 0 atom stereocenters. The Morgan fingerprint density at radius 2 is 2.05 bits per heavy atom. The van der Waals surface area contributed by atoms with E-state index in [1.165, 1.54) is 31.8 Å². The molecule has 2 aromatic heterocycles. The zero-order valence-corrected chi connectivity index (χ0v) is 13.9. The molecule has 0 amide bonds. The van der Waals surface area contributed by atoms with Crippen molar-refractivity contribution in [2.45, 2.75) is 0 Å². The van der Waals surface area contributed by atoms with Crippen molar-refractivity contribution < 1.29 is 14.3 Å². The molecular formula is C11H8Br2N2O3S. The molecule has 0 N–H and O–H groups in total. The highest BCUT2D eigenvalue weighted by Gasteiger charge is 2.21. The third-order valence-corrected chi connectivity index (χ3v) is 5.46. The molecule has 0 saturated heterocycles. The molecule has 0 aromatic carbocycles. The van der Waals surface area contributed by atoms with E-state index >= 15 is 0 Å². The van der Waals surface area contributed by atoms with Crippen molar-refractivity contribution in [3.8, 4) is 11.8 Å². The Bertz CT molecular complexity index is 611. The number of ketones is 1. The maximum Gasteiger partial charge on any atom is 0.247 e. The number of hydrogen-bond acceptors (Lipinski definition) is 6. The quantitative estimate of drug-likeness (QED) is 0.727. The number of ether oxygens (including phenoxy) is 2. The zero-order chi connectivity index (χ0) is 14.0. The summed E-state index contributed by atoms with van der Waals surface area (Å²) >= 11 is 8.00. The third-order valence-electron chi connectivity index (χ3n) is 2.20. The number of methoxy groups -OCH3 is 2. The molecular weight excluding hydrogens is 400 g/mol. The summed E-state index contributed by atoms with van der Waals surface area (Å²) in [6.45, 7) is 0. The van der Waals surface area contributed by atoms with Gasteiger partial charge in [-0.15, -0.1) is 11.3 Å². The summed E-state index contributed by atoms with van der Waals surface area (Å²) in [6, 6.07) is 1.72. The summed E-state index contributed by atoms with van der Waals surface area (Å²) in [5.74, 6) is 0.190. The van der Waals surface area contributed by atoms with Crippen LogP contribution in [0.15, 0.2) is 20.5 Å². The van der Waals surface area contributed by atoms with Gasteiger partial charge < -0.3 is 9.47 Å². The average molecular weight is 408 g/mol. The van der Waals surface area contributed by atoms with Crippen LogP contribution < -0.4 is 9.47 Å². The van der Waals surface area contributed by atoms with Gasteiger partial charge in [0.25, 0.3) is 0 Å². The predicted molar refractivity (Wildman–Crippen MR) is 78.3 cm³/mol. The van der Waals surface area contributed by atoms with Gasteiger partial charge in [-0.25, -0.2) is 4.98 Å². The number of carbonyl (C=O) groups is 1. The standard InChI is InChI=1S/C11H8Br2N2O3S/c1-17-7-4-14-8(11(15-7)18-2)9(16)6-3-5(12)10(13)19-6/h3-4H,1-2H3. The second-order valence-corrected chi connectivity index (χ2v) is 6.56. The van der Waals surface area contributed by atoms with Crippen LogP contribution in [0.2, 0.25) is 0 Å². The zero-order valence-electron chi connectivity index (χ0n) is 9.94. The minimum atomic E-state index is -0.247. The fourth-order valence-electron chi connectivity index (χ4n) is 1.33. The smallest absolute Gasteiger partial charge is 0.247 e. The molecule has 5 nitrogen and oxygen atoms in total. The van der Waals surface area contributed by atoms with Crippen LogP contribution in [0.25, 0.3) is 0 Å². The fourth-order valence-corrected chi connectivity index (χ4v) is 3.31. The molecule has 2 rings (SSSR count). The van der Waals surface area contributed by atoms with Crippen LogP contribution in [0.1, 0.15) is 15.4 Å². The van der Waals surface area contributed by atoms with E-state index in [9.17, 15) is 4.79 Å². The molecule has 0 unspecified atom stereocenters. The molecule has 100 valence electrons. The molecule has 0 saturated carbocycles. The van der Waals surface area contributed by atoms with E-state index in [0.29, 0.717) is 10.8 Å². The van der Waals surface area contributed by atoms with Crippen molar-refractivity contribution >= 4 is 49.0 Å². The topological polar surface area (TPSA) is 61.3 Å². The Balaban J connectivity index is 2.43. The Labute approximate surface area is 130 Å². The molecule has 0 bridgehead atoms. The number of nitrogens with zero attached hydrogens (tertiary/aromatic N) is 2. The summed E-state index contributed by atoms with van der Waals surface area (Å²) in [5.41, 5.74) is 0.157. The summed E-state index contributed by atoms with van der Waals surface area (Å²) in [7, 11) is 2.90. The summed E-state index contributed by atoms with van der Waals surface area (Å²) in [6.07, 6.45) is 1.38. The number of carbonyl (C=O) groups excluding carboxylic acids is 1. The van der Waals surface area contributed by atoms with Crippen molar-refractivity contribution in [3.63, 3.8) is 0 Å². The maximum absolute atomic E-state index is 12.3. The summed E-state index contributed by atoms with van der Waals surface area (Å²) in [4.78, 5) is 21.0. The second kappa shape index (κ2) is 5.98. The van der Waals surface area contributed by atoms with Crippen molar-refractivity contribution in [1.29, 1.82) is 0 Å². The fraction of sp³-hybridized carbons (Fsp3) is 0.182. The molecule has 0 fully saturated rings. The monoisotopic (exact) mass is 406 g/mol. The number of hydrogen-bond donors (Lipinski definition) is 0. The van der Waals surface area contributed by atoms with Crippen LogP contribution in [0.5, 0.6) is 11.8 Å². The van der Waals surface area contributed by atoms with Gasteiger partial charge in [-0.2, -0.15) is 4.98 Å². The molecule has 19 heavy (non-hydrogen) atoms. The first-order valence-corrected chi connectivity index (χ1v) is 7.41. The number of thiophene rings is 1. The molecule has 8 heteroatoms. The first kappa shape index (κ1) is 14.4. The maximum atomic E-state index is 12.3. The minimum Gasteiger partial charge on any atom is -0.480 e. The van der Waals surface area contributed by atoms with Gasteiger partial charge in [-0.1, -0.05) is 0 Å². The van der Waals surface area contributed by atoms with E-state index in [4.69, 9.17) is 9.47 Å². The molecule has 0 aliphatic carbocycles. The largest absolute Gasteiger partial charge is 0.480 e. The lowest BCUT2D eigenvalue weighted by Crippen LogP contribution is -2.07. The van der Waals surface area contributed by atoms with E-state index in [1.54, 1.807) is 6.07 Å². The van der Waals surface area contributed by atoms with Crippen LogP contribution in [0.3, 0.4) is 0 Å². The number of aromatic nitrogens is 2. The highest BCUT2D eigenvalue weighted by molar-refractivity contribution is 9.13. The van der Waals surface area contributed by atoms with Gasteiger partial charge in [0.2, 0.25) is 17.5 Å². The summed E-state index contributed by atoms with van der Waals surface area (Å²) < 4.78 is 11.7. The van der Waals surface area contributed by atoms with Crippen molar-refractivity contribution in [1.82, 2.24) is 9.97 Å². The molecule has 2 aromatic rings. The molecule has 2 heterocycles. The average Bonchev–Trinajstić information content (AvgIpc) is 2.77. The van der Waals surface area contributed by atoms with Gasteiger partial charge >= 0.3 is 0 Å². The van der Waals surface area contributed by atoms with E-state index < -0.39 is 0 Å². The van der Waals surface area contributed by atoms with Crippen molar-refractivity contribution in [3.05, 3.63) is 31.1 Å². The third kappa shape index (κ3) is 2.96. The lowest BCUT2D eigenvalue weighted by molar-refractivity contribution is 0.103. The minimum absolute atomic E-state index is 0.144. The Hall–Kier alpha value is -0.990. The van der Waals surface area contributed by atoms with Crippen molar-refractivity contribution in [2.75, 3.05) is 14.2 Å². The highest BCUT2D eigenvalue weighted by Crippen LogP contribution is 2.34. The van der Waals surface area contributed by atoms with Gasteiger partial charge in [-0.3, -0.25) is 4.79 Å². The van der Waals surface area contributed by atoms with Gasteiger partial charge in [0.15, 0.2) is 5.69 Å². The van der Waals surface area contributed by atoms with Crippen LogP contribution in [0, 0.1) is 0 Å². The molecule has 0 radical (unpaired) electrons. The lowest BCUT2D eigenvalue weighted by Gasteiger charge is -2.06. The van der Waals surface area contributed by atoms with E-state index in [2.05, 4.69) is 41.8 Å². The van der Waals surface area contributed by atoms with Gasteiger partial charge in [0, 0.05) is 4.47 Å². The van der Waals surface area contributed by atoms with Gasteiger partial charge in [-0.05, 0) is 37.9 Å². The van der Waals surface area contributed by atoms with E-state index in [0.717, 1.165) is 8.26 Å². The molecule has 0 aliphatic rings. The van der Waals surface area contributed by atoms with Crippen LogP contribution in [0.4, 0.5) is 0 Å². The highest BCUT2D eigenvalue weighted by atomic mass is 79.9. The Kier molecular flexibility index (Phi) is 4.54. The first-order valence-electron chi connectivity index (χ1n) is 5.01. The normalized spacial score (nSPS) is 10.3. The predicted octanol–water partition coefficient (Wildman–Crippen LogP) is 3.31. The lowest BCUT2D eigenvalue weighted by atomic mass is 10.2. The number of rotatable bonds is 4. The Morgan fingerprint density at radius 1 is 1.32 bits per heavy atom. The van der Waals surface area contributed by atoms with E-state index in [1.807, 2.05) is 0 Å². The first-order chi connectivity index (χ1) is 9.06. The van der Waals surface area contributed by atoms with Gasteiger partial charge in [0.05, 0.1) is 29.1 Å².